The molecule has 4 heterocycles. The summed E-state index contributed by atoms with van der Waals surface area (Å²) in [7, 11) is 0. The van der Waals surface area contributed by atoms with Crippen LogP contribution in [-0.2, 0) is 6.54 Å². The molecule has 0 radical (unpaired) electrons. The maximum absolute atomic E-state index is 5.52. The molecule has 0 amide bonds. The van der Waals surface area contributed by atoms with E-state index in [-0.39, 0.29) is 0 Å². The lowest BCUT2D eigenvalue weighted by molar-refractivity contribution is 0.858. The number of nitrogens with zero attached hydrogens (tertiary/aromatic N) is 6. The van der Waals surface area contributed by atoms with Crippen LogP contribution in [0.1, 0.15) is 5.56 Å². The van der Waals surface area contributed by atoms with Gasteiger partial charge in [-0.15, -0.1) is 0 Å². The largest absolute Gasteiger partial charge is 0.336 e. The Hall–Kier alpha value is -9.39. The number of hydrogen-bond donors (Lipinski definition) is 0. The highest BCUT2D eigenvalue weighted by Gasteiger charge is 2.29. The number of aromatic nitrogens is 6. The van der Waals surface area contributed by atoms with Gasteiger partial charge in [-0.05, 0) is 53.6 Å². The fraction of sp³-hybridized carbons (Fsp3) is 0.0156. The summed E-state index contributed by atoms with van der Waals surface area (Å²) in [6, 6.07) is 86.7. The van der Waals surface area contributed by atoms with E-state index in [1.807, 2.05) is 36.4 Å². The summed E-state index contributed by atoms with van der Waals surface area (Å²) in [5.41, 5.74) is 14.9. The number of benzene rings is 10. The second kappa shape index (κ2) is 16.1. The molecule has 14 aromatic rings. The fourth-order valence-corrected chi connectivity index (χ4v) is 11.0. The Kier molecular flexibility index (Phi) is 9.17. The number of rotatable bonds is 8. The van der Waals surface area contributed by atoms with Gasteiger partial charge in [0.2, 0.25) is 0 Å². The molecule has 0 saturated heterocycles. The topological polar surface area (TPSA) is 53.5 Å². The molecule has 0 saturated carbocycles. The quantitative estimate of drug-likeness (QED) is 0.153. The van der Waals surface area contributed by atoms with E-state index >= 15 is 0 Å². The van der Waals surface area contributed by atoms with Crippen molar-refractivity contribution in [1.29, 1.82) is 0 Å². The lowest BCUT2D eigenvalue weighted by atomic mass is 9.90. The summed E-state index contributed by atoms with van der Waals surface area (Å²) >= 11 is 0. The number of hydrogen-bond acceptors (Lipinski definition) is 3. The van der Waals surface area contributed by atoms with Crippen LogP contribution in [0.25, 0.3) is 122 Å². The second-order valence-electron chi connectivity index (χ2n) is 17.9. The molecule has 0 spiro atoms. The van der Waals surface area contributed by atoms with Crippen LogP contribution in [0, 0.1) is 0 Å². The highest BCUT2D eigenvalue weighted by molar-refractivity contribution is 6.13. The van der Waals surface area contributed by atoms with Gasteiger partial charge in [0, 0.05) is 65.6 Å². The molecule has 10 aromatic carbocycles. The SMILES string of the molecule is c1ccc(-c2nc(-c3ccccc3)nc(-c3cc(-n4c5ccccc5c5ccccc54)c(-n4c5ccccc5c5ccccc54)c(Cn4c5ccccc5c5ccccc54)c3-c3ccccc3)n2)cc1. The van der Waals surface area contributed by atoms with Crippen LogP contribution in [0.4, 0.5) is 0 Å². The third kappa shape index (κ3) is 6.24. The van der Waals surface area contributed by atoms with Gasteiger partial charge in [-0.3, -0.25) is 0 Å². The zero-order valence-corrected chi connectivity index (χ0v) is 38.0. The minimum Gasteiger partial charge on any atom is -0.336 e. The van der Waals surface area contributed by atoms with Gasteiger partial charge in [-0.2, -0.15) is 0 Å². The number of fused-ring (bicyclic) bond motifs is 9. The summed E-state index contributed by atoms with van der Waals surface area (Å²) in [6.45, 7) is 0.522. The van der Waals surface area contributed by atoms with E-state index in [1.54, 1.807) is 0 Å². The average molecular weight is 895 g/mol. The Balaban J connectivity index is 1.23. The van der Waals surface area contributed by atoms with Crippen LogP contribution in [0.2, 0.25) is 0 Å². The molecule has 70 heavy (non-hydrogen) atoms. The van der Waals surface area contributed by atoms with Crippen LogP contribution in [0.5, 0.6) is 0 Å². The standard InChI is InChI=1S/C64H42N6/c1-4-22-42(23-5-1)60-51(64-66-62(43-24-6-2-7-25-43)65-63(67-64)44-26-8-3-9-27-44)40-59(69-55-36-18-12-30-47(55)48-31-13-19-37-56(48)69)61(70-57-38-20-14-32-49(57)50-33-15-21-39-58(50)70)52(60)41-68-53-34-16-10-28-45(53)46-29-11-17-35-54(46)68/h1-40H,41H2. The van der Waals surface area contributed by atoms with Crippen LogP contribution < -0.4 is 0 Å². The Labute approximate surface area is 403 Å². The van der Waals surface area contributed by atoms with E-state index in [4.69, 9.17) is 15.0 Å². The maximum Gasteiger partial charge on any atom is 0.164 e. The molecular weight excluding hydrogens is 853 g/mol. The van der Waals surface area contributed by atoms with Gasteiger partial charge in [0.25, 0.3) is 0 Å². The van der Waals surface area contributed by atoms with E-state index in [0.29, 0.717) is 24.0 Å². The summed E-state index contributed by atoms with van der Waals surface area (Å²) in [5.74, 6) is 1.81. The number of para-hydroxylation sites is 6. The molecule has 0 aliphatic heterocycles. The first-order chi connectivity index (χ1) is 34.8. The van der Waals surface area contributed by atoms with E-state index in [0.717, 1.165) is 77.9 Å². The minimum absolute atomic E-state index is 0.522. The third-order valence-corrected chi connectivity index (χ3v) is 14.0. The Bertz CT molecular complexity index is 4100. The fourth-order valence-electron chi connectivity index (χ4n) is 11.0. The molecule has 0 aliphatic rings. The van der Waals surface area contributed by atoms with Crippen LogP contribution >= 0.6 is 0 Å². The van der Waals surface area contributed by atoms with Gasteiger partial charge in [0.15, 0.2) is 17.5 Å². The average Bonchev–Trinajstić information content (AvgIpc) is 4.07. The first-order valence-corrected chi connectivity index (χ1v) is 23.8. The van der Waals surface area contributed by atoms with Gasteiger partial charge in [-0.1, -0.05) is 200 Å². The molecule has 0 aliphatic carbocycles. The van der Waals surface area contributed by atoms with E-state index in [2.05, 4.69) is 220 Å². The summed E-state index contributed by atoms with van der Waals surface area (Å²) in [6.07, 6.45) is 0. The van der Waals surface area contributed by atoms with Crippen molar-refractivity contribution < 1.29 is 0 Å². The van der Waals surface area contributed by atoms with Gasteiger partial charge in [0.05, 0.1) is 40.0 Å². The normalized spacial score (nSPS) is 11.8. The first kappa shape index (κ1) is 39.7. The molecule has 0 atom stereocenters. The Morgan fingerprint density at radius 2 is 0.629 bits per heavy atom. The van der Waals surface area contributed by atoms with Crippen molar-refractivity contribution in [2.75, 3.05) is 0 Å². The monoisotopic (exact) mass is 894 g/mol. The van der Waals surface area contributed by atoms with Crippen molar-refractivity contribution in [1.82, 2.24) is 28.7 Å². The van der Waals surface area contributed by atoms with Crippen LogP contribution in [-0.4, -0.2) is 28.7 Å². The molecule has 328 valence electrons. The van der Waals surface area contributed by atoms with Gasteiger partial charge >= 0.3 is 0 Å². The molecule has 0 bridgehead atoms. The molecule has 14 rings (SSSR count). The van der Waals surface area contributed by atoms with Crippen LogP contribution in [0.15, 0.2) is 243 Å². The summed E-state index contributed by atoms with van der Waals surface area (Å²) in [5, 5.41) is 7.18. The molecule has 0 N–H and O–H groups in total. The third-order valence-electron chi connectivity index (χ3n) is 14.0. The van der Waals surface area contributed by atoms with Crippen molar-refractivity contribution in [2.24, 2.45) is 0 Å². The van der Waals surface area contributed by atoms with Crippen molar-refractivity contribution in [3.63, 3.8) is 0 Å². The summed E-state index contributed by atoms with van der Waals surface area (Å²) < 4.78 is 7.53. The van der Waals surface area contributed by atoms with E-state index < -0.39 is 0 Å². The van der Waals surface area contributed by atoms with Gasteiger partial charge < -0.3 is 13.7 Å². The van der Waals surface area contributed by atoms with Gasteiger partial charge in [0.1, 0.15) is 0 Å². The predicted molar refractivity (Wildman–Crippen MR) is 289 cm³/mol. The molecule has 0 unspecified atom stereocenters. The van der Waals surface area contributed by atoms with Gasteiger partial charge in [-0.25, -0.2) is 15.0 Å². The molecule has 6 heteroatoms. The first-order valence-electron chi connectivity index (χ1n) is 23.8. The molecule has 6 nitrogen and oxygen atoms in total. The lowest BCUT2D eigenvalue weighted by Crippen LogP contribution is -2.13. The zero-order valence-electron chi connectivity index (χ0n) is 38.0. The highest BCUT2D eigenvalue weighted by Crippen LogP contribution is 2.47. The maximum atomic E-state index is 5.52. The van der Waals surface area contributed by atoms with Crippen molar-refractivity contribution >= 4 is 65.4 Å². The Morgan fingerprint density at radius 3 is 1.06 bits per heavy atom. The molecular formula is C64H42N6. The van der Waals surface area contributed by atoms with Crippen molar-refractivity contribution in [3.05, 3.63) is 248 Å². The smallest absolute Gasteiger partial charge is 0.164 e. The minimum atomic E-state index is 0.522. The predicted octanol–water partition coefficient (Wildman–Crippen LogP) is 15.9. The highest BCUT2D eigenvalue weighted by atomic mass is 15.1. The zero-order chi connectivity index (χ0) is 46.1. The molecule has 0 fully saturated rings. The van der Waals surface area contributed by atoms with E-state index in [1.165, 1.54) is 32.3 Å². The summed E-state index contributed by atoms with van der Waals surface area (Å²) in [4.78, 5) is 16.2. The van der Waals surface area contributed by atoms with Crippen LogP contribution in [0.3, 0.4) is 0 Å². The molecule has 4 aromatic heterocycles. The second-order valence-corrected chi connectivity index (χ2v) is 17.9. The lowest BCUT2D eigenvalue weighted by Gasteiger charge is -2.26. The van der Waals surface area contributed by atoms with Crippen molar-refractivity contribution in [2.45, 2.75) is 6.54 Å². The van der Waals surface area contributed by atoms with Crippen molar-refractivity contribution in [3.8, 4) is 56.7 Å². The van der Waals surface area contributed by atoms with E-state index in [9.17, 15) is 0 Å². The Morgan fingerprint density at radius 1 is 0.300 bits per heavy atom.